The van der Waals surface area contributed by atoms with E-state index >= 15 is 0 Å². The van der Waals surface area contributed by atoms with Crippen molar-refractivity contribution in [1.82, 2.24) is 0 Å². The quantitative estimate of drug-likeness (QED) is 0.726. The molecule has 0 radical (unpaired) electrons. The van der Waals surface area contributed by atoms with Gasteiger partial charge in [0.05, 0.1) is 31.2 Å². The first kappa shape index (κ1) is 20.3. The maximum Gasteiger partial charge on any atom is 0.306 e. The van der Waals surface area contributed by atoms with E-state index in [-0.39, 0.29) is 12.5 Å². The van der Waals surface area contributed by atoms with Crippen molar-refractivity contribution in [2.24, 2.45) is 4.99 Å². The van der Waals surface area contributed by atoms with Crippen molar-refractivity contribution >= 4 is 40.5 Å². The standard InChI is InChI=1S/C21H21Cl2N3O3/c22-14-5-6-18-16(13-14)19(15-3-1-2-4-17(15)23)25-20(21(28)24-18)26(7-10-27)8-11-29-12-9-26/h1-6,13,20,27H,7-12H2/p+1. The van der Waals surface area contributed by atoms with Gasteiger partial charge < -0.3 is 15.2 Å². The van der Waals surface area contributed by atoms with Crippen molar-refractivity contribution in [1.29, 1.82) is 0 Å². The maximum atomic E-state index is 13.3. The van der Waals surface area contributed by atoms with E-state index in [0.29, 0.717) is 58.8 Å². The molecular formula is C21H22Cl2N3O3+. The number of morpholine rings is 1. The molecule has 2 aliphatic rings. The first-order valence-corrected chi connectivity index (χ1v) is 10.3. The van der Waals surface area contributed by atoms with E-state index in [1.54, 1.807) is 24.3 Å². The molecule has 1 fully saturated rings. The highest BCUT2D eigenvalue weighted by molar-refractivity contribution is 6.36. The molecule has 4 rings (SSSR count). The average Bonchev–Trinajstić information content (AvgIpc) is 2.86. The van der Waals surface area contributed by atoms with E-state index < -0.39 is 6.17 Å². The zero-order valence-electron chi connectivity index (χ0n) is 15.8. The van der Waals surface area contributed by atoms with Crippen molar-refractivity contribution in [3.8, 4) is 0 Å². The van der Waals surface area contributed by atoms with Crippen LogP contribution in [0.4, 0.5) is 5.69 Å². The number of nitrogens with zero attached hydrogens (tertiary/aromatic N) is 2. The van der Waals surface area contributed by atoms with Crippen molar-refractivity contribution in [3.63, 3.8) is 0 Å². The summed E-state index contributed by atoms with van der Waals surface area (Å²) in [7, 11) is 0. The molecule has 2 aromatic rings. The number of rotatable bonds is 4. The lowest BCUT2D eigenvalue weighted by Crippen LogP contribution is -2.64. The zero-order chi connectivity index (χ0) is 20.4. The normalized spacial score (nSPS) is 21.0. The lowest BCUT2D eigenvalue weighted by atomic mass is 10.0. The third kappa shape index (κ3) is 3.91. The fourth-order valence-corrected chi connectivity index (χ4v) is 4.40. The third-order valence-corrected chi connectivity index (χ3v) is 6.10. The van der Waals surface area contributed by atoms with Crippen LogP contribution in [0.5, 0.6) is 0 Å². The Morgan fingerprint density at radius 2 is 1.90 bits per heavy atom. The van der Waals surface area contributed by atoms with Crippen LogP contribution in [-0.2, 0) is 9.53 Å². The van der Waals surface area contributed by atoms with Crippen LogP contribution < -0.4 is 5.32 Å². The number of benzene rings is 2. The van der Waals surface area contributed by atoms with Gasteiger partial charge in [-0.2, -0.15) is 0 Å². The first-order chi connectivity index (χ1) is 14.0. The smallest absolute Gasteiger partial charge is 0.306 e. The summed E-state index contributed by atoms with van der Waals surface area (Å²) in [5, 5.41) is 13.8. The van der Waals surface area contributed by atoms with Crippen LogP contribution in [0.2, 0.25) is 10.0 Å². The summed E-state index contributed by atoms with van der Waals surface area (Å²) >= 11 is 12.8. The predicted molar refractivity (Wildman–Crippen MR) is 114 cm³/mol. The van der Waals surface area contributed by atoms with Gasteiger partial charge in [-0.25, -0.2) is 4.99 Å². The fraction of sp³-hybridized carbons (Fsp3) is 0.333. The van der Waals surface area contributed by atoms with Gasteiger partial charge in [0.25, 0.3) is 6.17 Å². The third-order valence-electron chi connectivity index (χ3n) is 5.54. The highest BCUT2D eigenvalue weighted by Gasteiger charge is 2.44. The summed E-state index contributed by atoms with van der Waals surface area (Å²) < 4.78 is 5.85. The van der Waals surface area contributed by atoms with E-state index in [2.05, 4.69) is 5.32 Å². The molecule has 29 heavy (non-hydrogen) atoms. The van der Waals surface area contributed by atoms with Gasteiger partial charge in [0.1, 0.15) is 19.6 Å². The Labute approximate surface area is 179 Å². The van der Waals surface area contributed by atoms with Crippen LogP contribution in [0, 0.1) is 0 Å². The number of ether oxygens (including phenoxy) is 1. The van der Waals surface area contributed by atoms with Crippen LogP contribution in [0.3, 0.4) is 0 Å². The van der Waals surface area contributed by atoms with Crippen molar-refractivity contribution in [3.05, 3.63) is 63.6 Å². The number of nitrogens with one attached hydrogen (secondary N) is 1. The SMILES string of the molecule is O=C1Nc2ccc(Cl)cc2C(c2ccccc2Cl)=NC1[N+]1(CCO)CCOCC1. The lowest BCUT2D eigenvalue weighted by Gasteiger charge is -2.43. The second kappa shape index (κ2) is 8.42. The Bertz CT molecular complexity index is 952. The molecule has 152 valence electrons. The number of halogens is 2. The van der Waals surface area contributed by atoms with Crippen molar-refractivity contribution in [2.45, 2.75) is 6.17 Å². The van der Waals surface area contributed by atoms with Gasteiger partial charge >= 0.3 is 5.91 Å². The summed E-state index contributed by atoms with van der Waals surface area (Å²) in [6.07, 6.45) is -0.733. The molecule has 2 aliphatic heterocycles. The predicted octanol–water partition coefficient (Wildman–Crippen LogP) is 2.95. The second-order valence-electron chi connectivity index (χ2n) is 7.24. The van der Waals surface area contributed by atoms with E-state index in [0.717, 1.165) is 11.1 Å². The molecule has 1 saturated heterocycles. The van der Waals surface area contributed by atoms with Crippen LogP contribution >= 0.6 is 23.2 Å². The molecule has 1 unspecified atom stereocenters. The highest BCUT2D eigenvalue weighted by atomic mass is 35.5. The number of aliphatic imine (C=N–C) groups is 1. The van der Waals surface area contributed by atoms with Gasteiger partial charge in [0, 0.05) is 21.2 Å². The first-order valence-electron chi connectivity index (χ1n) is 9.52. The molecule has 6 nitrogen and oxygen atoms in total. The number of benzodiazepines with no additional fused rings is 1. The second-order valence-corrected chi connectivity index (χ2v) is 8.08. The van der Waals surface area contributed by atoms with Crippen LogP contribution in [-0.4, -0.2) is 66.8 Å². The van der Waals surface area contributed by atoms with Crippen LogP contribution in [0.1, 0.15) is 11.1 Å². The number of fused-ring (bicyclic) bond motifs is 1. The minimum Gasteiger partial charge on any atom is -0.391 e. The number of hydrogen-bond donors (Lipinski definition) is 2. The fourth-order valence-electron chi connectivity index (χ4n) is 4.00. The van der Waals surface area contributed by atoms with Gasteiger partial charge in [0.15, 0.2) is 0 Å². The molecule has 0 spiro atoms. The number of aliphatic hydroxyl groups is 1. The Balaban J connectivity index is 1.92. The summed E-state index contributed by atoms with van der Waals surface area (Å²) in [6.45, 7) is 2.58. The van der Waals surface area contributed by atoms with Gasteiger partial charge in [-0.3, -0.25) is 9.28 Å². The molecule has 0 saturated carbocycles. The molecule has 1 amide bonds. The molecule has 2 aromatic carbocycles. The van der Waals surface area contributed by atoms with Gasteiger partial charge in [-0.1, -0.05) is 41.4 Å². The van der Waals surface area contributed by atoms with Gasteiger partial charge in [-0.05, 0) is 24.3 Å². The molecule has 0 aromatic heterocycles. The highest BCUT2D eigenvalue weighted by Crippen LogP contribution is 2.32. The van der Waals surface area contributed by atoms with Crippen LogP contribution in [0.25, 0.3) is 0 Å². The largest absolute Gasteiger partial charge is 0.391 e. The monoisotopic (exact) mass is 434 g/mol. The maximum absolute atomic E-state index is 13.3. The van der Waals surface area contributed by atoms with Gasteiger partial charge in [0.2, 0.25) is 0 Å². The summed E-state index contributed by atoms with van der Waals surface area (Å²) in [4.78, 5) is 18.2. The molecule has 8 heteroatoms. The number of hydrogen-bond acceptors (Lipinski definition) is 4. The number of carbonyl (C=O) groups is 1. The molecular weight excluding hydrogens is 413 g/mol. The average molecular weight is 435 g/mol. The van der Waals surface area contributed by atoms with Gasteiger partial charge in [-0.15, -0.1) is 0 Å². The van der Waals surface area contributed by atoms with Crippen molar-refractivity contribution in [2.75, 3.05) is 44.8 Å². The van der Waals surface area contributed by atoms with E-state index in [1.807, 2.05) is 18.2 Å². The molecule has 2 heterocycles. The molecule has 2 N–H and O–H groups in total. The summed E-state index contributed by atoms with van der Waals surface area (Å²) in [5.74, 6) is -0.217. The minimum atomic E-state index is -0.733. The van der Waals surface area contributed by atoms with E-state index in [9.17, 15) is 9.90 Å². The van der Waals surface area contributed by atoms with Crippen LogP contribution in [0.15, 0.2) is 47.5 Å². The number of amides is 1. The topological polar surface area (TPSA) is 70.9 Å². The molecule has 1 atom stereocenters. The van der Waals surface area contributed by atoms with E-state index in [1.165, 1.54) is 0 Å². The number of quaternary nitrogens is 1. The zero-order valence-corrected chi connectivity index (χ0v) is 17.3. The number of anilines is 1. The molecule has 0 aliphatic carbocycles. The van der Waals surface area contributed by atoms with Crippen molar-refractivity contribution < 1.29 is 19.1 Å². The number of aliphatic hydroxyl groups excluding tert-OH is 1. The van der Waals surface area contributed by atoms with E-state index in [4.69, 9.17) is 32.9 Å². The Kier molecular flexibility index (Phi) is 5.90. The summed E-state index contributed by atoms with van der Waals surface area (Å²) in [6, 6.07) is 12.7. The Morgan fingerprint density at radius 1 is 1.14 bits per heavy atom. The Morgan fingerprint density at radius 3 is 2.62 bits per heavy atom. The molecule has 0 bridgehead atoms. The summed E-state index contributed by atoms with van der Waals surface area (Å²) in [5.41, 5.74) is 2.70. The lowest BCUT2D eigenvalue weighted by molar-refractivity contribution is -0.948. The minimum absolute atomic E-state index is 0.0422. The Hall–Kier alpha value is -1.96. The number of carbonyl (C=O) groups excluding carboxylic acids is 1.